The molecule has 20 heavy (non-hydrogen) atoms. The fraction of sp³-hybridized carbons (Fsp3) is 0.417. The van der Waals surface area contributed by atoms with Gasteiger partial charge in [-0.15, -0.1) is 0 Å². The van der Waals surface area contributed by atoms with E-state index in [9.17, 15) is 26.4 Å². The van der Waals surface area contributed by atoms with Crippen molar-refractivity contribution in [2.24, 2.45) is 0 Å². The summed E-state index contributed by atoms with van der Waals surface area (Å²) >= 11 is 0. The molecule has 1 rings (SSSR count). The number of aryl methyl sites for hydroxylation is 1. The van der Waals surface area contributed by atoms with E-state index < -0.39 is 40.7 Å². The van der Waals surface area contributed by atoms with Crippen LogP contribution in [0.5, 0.6) is 0 Å². The predicted molar refractivity (Wildman–Crippen MR) is 67.7 cm³/mol. The highest BCUT2D eigenvalue weighted by molar-refractivity contribution is 7.90. The molecule has 0 heterocycles. The van der Waals surface area contributed by atoms with Crippen LogP contribution in [0.4, 0.5) is 13.2 Å². The lowest BCUT2D eigenvalue weighted by atomic mass is 10.1. The molecule has 8 heteroatoms. The molecule has 0 atom stereocenters. The lowest BCUT2D eigenvalue weighted by Gasteiger charge is -2.08. The van der Waals surface area contributed by atoms with Crippen molar-refractivity contribution in [1.29, 1.82) is 0 Å². The minimum absolute atomic E-state index is 0.143. The molecule has 0 saturated heterocycles. The first-order valence-corrected chi connectivity index (χ1v) is 7.42. The molecule has 1 N–H and O–H groups in total. The number of carbonyl (C=O) groups excluding carboxylic acids is 1. The average Bonchev–Trinajstić information content (AvgIpc) is 2.26. The Morgan fingerprint density at radius 2 is 1.95 bits per heavy atom. The standard InChI is InChI=1S/C12H14F3NO3S/c1-9-4-2-5-10(8-9)11(17)16-20(18,19)7-3-6-12(13,14)15/h2,4-5,8H,3,6-7H2,1H3,(H,16,17). The number of alkyl halides is 3. The predicted octanol–water partition coefficient (Wildman–Crippen LogP) is 2.40. The van der Waals surface area contributed by atoms with E-state index in [1.165, 1.54) is 12.1 Å². The van der Waals surface area contributed by atoms with Gasteiger partial charge < -0.3 is 0 Å². The second-order valence-electron chi connectivity index (χ2n) is 4.34. The third-order valence-corrected chi connectivity index (χ3v) is 3.72. The molecule has 0 aliphatic heterocycles. The molecule has 0 aliphatic carbocycles. The van der Waals surface area contributed by atoms with Gasteiger partial charge in [0.15, 0.2) is 0 Å². The van der Waals surface area contributed by atoms with Crippen LogP contribution in [0, 0.1) is 6.92 Å². The largest absolute Gasteiger partial charge is 0.389 e. The molecule has 112 valence electrons. The van der Waals surface area contributed by atoms with Crippen LogP contribution in [0.15, 0.2) is 24.3 Å². The molecule has 1 aromatic carbocycles. The Kier molecular flexibility index (Phi) is 5.15. The fourth-order valence-corrected chi connectivity index (χ4v) is 2.53. The molecule has 0 bridgehead atoms. The number of hydrogen-bond acceptors (Lipinski definition) is 3. The summed E-state index contributed by atoms with van der Waals surface area (Å²) < 4.78 is 60.5. The summed E-state index contributed by atoms with van der Waals surface area (Å²) in [5.74, 6) is -1.59. The van der Waals surface area contributed by atoms with Gasteiger partial charge in [0.25, 0.3) is 5.91 Å². The summed E-state index contributed by atoms with van der Waals surface area (Å²) in [7, 11) is -4.06. The Hall–Kier alpha value is -1.57. The number of nitrogens with one attached hydrogen (secondary N) is 1. The van der Waals surface area contributed by atoms with E-state index in [4.69, 9.17) is 0 Å². The lowest BCUT2D eigenvalue weighted by molar-refractivity contribution is -0.134. The van der Waals surface area contributed by atoms with Crippen molar-refractivity contribution in [2.45, 2.75) is 25.9 Å². The molecule has 1 amide bonds. The Bertz CT molecular complexity index is 582. The first kappa shape index (κ1) is 16.5. The Morgan fingerprint density at radius 3 is 2.50 bits per heavy atom. The maximum absolute atomic E-state index is 11.9. The van der Waals surface area contributed by atoms with Gasteiger partial charge in [-0.25, -0.2) is 13.1 Å². The average molecular weight is 309 g/mol. The van der Waals surface area contributed by atoms with Crippen molar-refractivity contribution in [3.63, 3.8) is 0 Å². The van der Waals surface area contributed by atoms with Crippen LogP contribution in [0.2, 0.25) is 0 Å². The second-order valence-corrected chi connectivity index (χ2v) is 6.18. The number of halogens is 3. The summed E-state index contributed by atoms with van der Waals surface area (Å²) in [5.41, 5.74) is 0.913. The summed E-state index contributed by atoms with van der Waals surface area (Å²) in [6, 6.07) is 6.23. The molecular weight excluding hydrogens is 295 g/mol. The van der Waals surface area contributed by atoms with Gasteiger partial charge >= 0.3 is 6.18 Å². The van der Waals surface area contributed by atoms with Crippen LogP contribution >= 0.6 is 0 Å². The highest BCUT2D eigenvalue weighted by Crippen LogP contribution is 2.21. The van der Waals surface area contributed by atoms with Crippen molar-refractivity contribution in [2.75, 3.05) is 5.75 Å². The zero-order valence-electron chi connectivity index (χ0n) is 10.7. The lowest BCUT2D eigenvalue weighted by Crippen LogP contribution is -2.32. The molecule has 1 aromatic rings. The van der Waals surface area contributed by atoms with E-state index >= 15 is 0 Å². The first-order chi connectivity index (χ1) is 9.09. The minimum atomic E-state index is -4.41. The SMILES string of the molecule is Cc1cccc(C(=O)NS(=O)(=O)CCCC(F)(F)F)c1. The highest BCUT2D eigenvalue weighted by atomic mass is 32.2. The van der Waals surface area contributed by atoms with Gasteiger partial charge in [-0.05, 0) is 25.5 Å². The van der Waals surface area contributed by atoms with Crippen molar-refractivity contribution in [1.82, 2.24) is 4.72 Å². The van der Waals surface area contributed by atoms with Gasteiger partial charge in [-0.2, -0.15) is 13.2 Å². The van der Waals surface area contributed by atoms with Crippen LogP contribution in [-0.2, 0) is 10.0 Å². The number of sulfonamides is 1. The number of amides is 1. The first-order valence-electron chi connectivity index (χ1n) is 5.77. The molecule has 0 aromatic heterocycles. The number of benzene rings is 1. The third-order valence-electron chi connectivity index (χ3n) is 2.40. The highest BCUT2D eigenvalue weighted by Gasteiger charge is 2.27. The Labute approximate surface area is 115 Å². The second kappa shape index (κ2) is 6.25. The number of carbonyl (C=O) groups is 1. The van der Waals surface area contributed by atoms with Gasteiger partial charge in [0.05, 0.1) is 5.75 Å². The van der Waals surface area contributed by atoms with Gasteiger partial charge in [-0.3, -0.25) is 4.79 Å². The van der Waals surface area contributed by atoms with Crippen LogP contribution in [0.3, 0.4) is 0 Å². The normalized spacial score (nSPS) is 12.2. The van der Waals surface area contributed by atoms with Gasteiger partial charge in [-0.1, -0.05) is 17.7 Å². The van der Waals surface area contributed by atoms with Crippen LogP contribution in [0.25, 0.3) is 0 Å². The van der Waals surface area contributed by atoms with E-state index in [1.54, 1.807) is 23.8 Å². The third kappa shape index (κ3) is 6.05. The van der Waals surface area contributed by atoms with Crippen LogP contribution < -0.4 is 4.72 Å². The summed E-state index contributed by atoms with van der Waals surface area (Å²) in [5, 5.41) is 0. The van der Waals surface area contributed by atoms with Crippen LogP contribution in [0.1, 0.15) is 28.8 Å². The van der Waals surface area contributed by atoms with E-state index in [0.717, 1.165) is 5.56 Å². The molecule has 0 spiro atoms. The van der Waals surface area contributed by atoms with E-state index in [1.807, 2.05) is 0 Å². The summed E-state index contributed by atoms with van der Waals surface area (Å²) in [4.78, 5) is 11.7. The molecule has 0 aliphatic rings. The zero-order chi connectivity index (χ0) is 15.4. The van der Waals surface area contributed by atoms with Gasteiger partial charge in [0.1, 0.15) is 0 Å². The maximum atomic E-state index is 11.9. The molecule has 0 saturated carbocycles. The van der Waals surface area contributed by atoms with E-state index in [0.29, 0.717) is 0 Å². The van der Waals surface area contributed by atoms with E-state index in [2.05, 4.69) is 0 Å². The summed E-state index contributed by atoms with van der Waals surface area (Å²) in [6.45, 7) is 1.73. The fourth-order valence-electron chi connectivity index (χ4n) is 1.50. The number of rotatable bonds is 5. The van der Waals surface area contributed by atoms with Gasteiger partial charge in [0.2, 0.25) is 10.0 Å². The van der Waals surface area contributed by atoms with Crippen molar-refractivity contribution < 1.29 is 26.4 Å². The van der Waals surface area contributed by atoms with Gasteiger partial charge in [0, 0.05) is 12.0 Å². The molecular formula is C12H14F3NO3S. The van der Waals surface area contributed by atoms with Crippen molar-refractivity contribution in [3.8, 4) is 0 Å². The molecule has 0 fully saturated rings. The molecule has 0 unspecified atom stereocenters. The molecule has 4 nitrogen and oxygen atoms in total. The zero-order valence-corrected chi connectivity index (χ0v) is 11.5. The smallest absolute Gasteiger partial charge is 0.268 e. The van der Waals surface area contributed by atoms with E-state index in [-0.39, 0.29) is 5.56 Å². The van der Waals surface area contributed by atoms with Crippen LogP contribution in [-0.4, -0.2) is 26.3 Å². The minimum Gasteiger partial charge on any atom is -0.268 e. The summed E-state index contributed by atoms with van der Waals surface area (Å²) in [6.07, 6.45) is -6.19. The molecule has 0 radical (unpaired) electrons. The Morgan fingerprint density at radius 1 is 1.30 bits per heavy atom. The Balaban J connectivity index is 2.60. The van der Waals surface area contributed by atoms with Crippen molar-refractivity contribution >= 4 is 15.9 Å². The monoisotopic (exact) mass is 309 g/mol. The van der Waals surface area contributed by atoms with Crippen molar-refractivity contribution in [3.05, 3.63) is 35.4 Å². The maximum Gasteiger partial charge on any atom is 0.389 e. The quantitative estimate of drug-likeness (QED) is 0.908. The number of hydrogen-bond donors (Lipinski definition) is 1. The topological polar surface area (TPSA) is 63.2 Å².